The van der Waals surface area contributed by atoms with Crippen LogP contribution in [-0.2, 0) is 6.54 Å². The van der Waals surface area contributed by atoms with Crippen LogP contribution in [0.1, 0.15) is 29.4 Å². The Morgan fingerprint density at radius 2 is 2.47 bits per heavy atom. The van der Waals surface area contributed by atoms with Crippen molar-refractivity contribution in [2.75, 3.05) is 0 Å². The summed E-state index contributed by atoms with van der Waals surface area (Å²) in [6.07, 6.45) is 1.82. The highest BCUT2D eigenvalue weighted by molar-refractivity contribution is 7.09. The quantitative estimate of drug-likeness (QED) is 0.864. The lowest BCUT2D eigenvalue weighted by atomic mass is 10.3. The van der Waals surface area contributed by atoms with Crippen LogP contribution in [0.2, 0.25) is 0 Å². The van der Waals surface area contributed by atoms with Crippen LogP contribution in [0.25, 0.3) is 0 Å². The van der Waals surface area contributed by atoms with Gasteiger partial charge in [0.2, 0.25) is 0 Å². The Morgan fingerprint density at radius 3 is 3.07 bits per heavy atom. The first-order valence-electron chi connectivity index (χ1n) is 4.80. The Labute approximate surface area is 92.3 Å². The van der Waals surface area contributed by atoms with Crippen LogP contribution in [0.4, 0.5) is 0 Å². The maximum atomic E-state index is 5.10. The van der Waals surface area contributed by atoms with Crippen LogP contribution in [0, 0.1) is 6.92 Å². The fraction of sp³-hybridized carbons (Fsp3) is 0.400. The topological polar surface area (TPSA) is 51.0 Å². The molecule has 2 rings (SSSR count). The Morgan fingerprint density at radius 1 is 1.60 bits per heavy atom. The van der Waals surface area contributed by atoms with E-state index in [9.17, 15) is 0 Å². The molecule has 0 bridgehead atoms. The molecule has 1 N–H and O–H groups in total. The van der Waals surface area contributed by atoms with E-state index >= 15 is 0 Å². The van der Waals surface area contributed by atoms with Crippen molar-refractivity contribution < 1.29 is 4.52 Å². The highest BCUT2D eigenvalue weighted by Crippen LogP contribution is 2.15. The SMILES string of the molecule is Cc1cc(CNC(C)c2nccs2)on1. The average molecular weight is 223 g/mol. The van der Waals surface area contributed by atoms with Gasteiger partial charge in [-0.25, -0.2) is 4.98 Å². The van der Waals surface area contributed by atoms with Crippen molar-refractivity contribution in [3.8, 4) is 0 Å². The first-order chi connectivity index (χ1) is 7.25. The van der Waals surface area contributed by atoms with E-state index in [1.165, 1.54) is 0 Å². The molecule has 15 heavy (non-hydrogen) atoms. The molecule has 0 aliphatic heterocycles. The number of aromatic nitrogens is 2. The van der Waals surface area contributed by atoms with E-state index in [1.807, 2.05) is 24.6 Å². The van der Waals surface area contributed by atoms with Crippen LogP contribution >= 0.6 is 11.3 Å². The minimum absolute atomic E-state index is 0.246. The molecular weight excluding hydrogens is 210 g/mol. The van der Waals surface area contributed by atoms with Crippen molar-refractivity contribution in [1.82, 2.24) is 15.5 Å². The molecular formula is C10H13N3OS. The van der Waals surface area contributed by atoms with Crippen LogP contribution in [0.5, 0.6) is 0 Å². The van der Waals surface area contributed by atoms with Gasteiger partial charge in [-0.15, -0.1) is 11.3 Å². The lowest BCUT2D eigenvalue weighted by molar-refractivity contribution is 0.363. The lowest BCUT2D eigenvalue weighted by Gasteiger charge is -2.08. The predicted molar refractivity (Wildman–Crippen MR) is 58.6 cm³/mol. The first kappa shape index (κ1) is 10.3. The molecule has 5 heteroatoms. The number of hydrogen-bond donors (Lipinski definition) is 1. The molecule has 0 aliphatic carbocycles. The van der Waals surface area contributed by atoms with E-state index in [-0.39, 0.29) is 6.04 Å². The van der Waals surface area contributed by atoms with Gasteiger partial charge in [0.05, 0.1) is 18.3 Å². The summed E-state index contributed by atoms with van der Waals surface area (Å²) in [4.78, 5) is 4.24. The molecule has 1 unspecified atom stereocenters. The Bertz CT molecular complexity index is 410. The van der Waals surface area contributed by atoms with Crippen molar-refractivity contribution >= 4 is 11.3 Å². The van der Waals surface area contributed by atoms with Crippen LogP contribution < -0.4 is 5.32 Å². The molecule has 0 saturated carbocycles. The molecule has 2 heterocycles. The highest BCUT2D eigenvalue weighted by Gasteiger charge is 2.08. The maximum Gasteiger partial charge on any atom is 0.150 e. The summed E-state index contributed by atoms with van der Waals surface area (Å²) in [5.41, 5.74) is 0.911. The molecule has 0 spiro atoms. The fourth-order valence-electron chi connectivity index (χ4n) is 1.29. The number of aryl methyl sites for hydroxylation is 1. The van der Waals surface area contributed by atoms with E-state index in [4.69, 9.17) is 4.52 Å². The molecule has 2 aromatic rings. The summed E-state index contributed by atoms with van der Waals surface area (Å²) in [7, 11) is 0. The lowest BCUT2D eigenvalue weighted by Crippen LogP contribution is -2.17. The van der Waals surface area contributed by atoms with Gasteiger partial charge < -0.3 is 9.84 Å². The number of thiazole rings is 1. The number of rotatable bonds is 4. The molecule has 4 nitrogen and oxygen atoms in total. The molecule has 0 amide bonds. The van der Waals surface area contributed by atoms with Gasteiger partial charge in [-0.05, 0) is 13.8 Å². The zero-order valence-corrected chi connectivity index (χ0v) is 9.54. The van der Waals surface area contributed by atoms with Crippen molar-refractivity contribution in [2.24, 2.45) is 0 Å². The summed E-state index contributed by atoms with van der Waals surface area (Å²) in [6, 6.07) is 2.18. The normalized spacial score (nSPS) is 12.9. The van der Waals surface area contributed by atoms with E-state index in [1.54, 1.807) is 11.3 Å². The van der Waals surface area contributed by atoms with Gasteiger partial charge in [-0.1, -0.05) is 5.16 Å². The van der Waals surface area contributed by atoms with E-state index in [0.717, 1.165) is 16.5 Å². The van der Waals surface area contributed by atoms with E-state index in [0.29, 0.717) is 6.54 Å². The minimum atomic E-state index is 0.246. The van der Waals surface area contributed by atoms with Crippen LogP contribution in [-0.4, -0.2) is 10.1 Å². The smallest absolute Gasteiger partial charge is 0.150 e. The molecule has 1 atom stereocenters. The van der Waals surface area contributed by atoms with Crippen molar-refractivity contribution in [3.05, 3.63) is 34.1 Å². The first-order valence-corrected chi connectivity index (χ1v) is 5.68. The number of nitrogens with one attached hydrogen (secondary N) is 1. The van der Waals surface area contributed by atoms with Gasteiger partial charge in [0, 0.05) is 17.6 Å². The number of nitrogens with zero attached hydrogens (tertiary/aromatic N) is 2. The van der Waals surface area contributed by atoms with Gasteiger partial charge in [0.25, 0.3) is 0 Å². The third kappa shape index (κ3) is 2.64. The van der Waals surface area contributed by atoms with E-state index < -0.39 is 0 Å². The second-order valence-electron chi connectivity index (χ2n) is 3.41. The van der Waals surface area contributed by atoms with Crippen LogP contribution in [0.15, 0.2) is 22.2 Å². The largest absolute Gasteiger partial charge is 0.360 e. The Hall–Kier alpha value is -1.20. The van der Waals surface area contributed by atoms with E-state index in [2.05, 4.69) is 22.4 Å². The van der Waals surface area contributed by atoms with Gasteiger partial charge >= 0.3 is 0 Å². The Kier molecular flexibility index (Phi) is 3.13. The molecule has 0 radical (unpaired) electrons. The second kappa shape index (κ2) is 4.55. The van der Waals surface area contributed by atoms with Gasteiger partial charge in [-0.2, -0.15) is 0 Å². The summed E-state index contributed by atoms with van der Waals surface area (Å²) < 4.78 is 5.10. The summed E-state index contributed by atoms with van der Waals surface area (Å²) >= 11 is 1.65. The van der Waals surface area contributed by atoms with Crippen molar-refractivity contribution in [1.29, 1.82) is 0 Å². The highest BCUT2D eigenvalue weighted by atomic mass is 32.1. The Balaban J connectivity index is 1.88. The van der Waals surface area contributed by atoms with Gasteiger partial charge in [0.1, 0.15) is 5.01 Å². The van der Waals surface area contributed by atoms with Gasteiger partial charge in [0.15, 0.2) is 5.76 Å². The summed E-state index contributed by atoms with van der Waals surface area (Å²) in [6.45, 7) is 4.68. The zero-order valence-electron chi connectivity index (χ0n) is 8.73. The number of hydrogen-bond acceptors (Lipinski definition) is 5. The zero-order chi connectivity index (χ0) is 10.7. The van der Waals surface area contributed by atoms with Gasteiger partial charge in [-0.3, -0.25) is 0 Å². The molecule has 0 saturated heterocycles. The third-order valence-corrected chi connectivity index (χ3v) is 3.04. The standard InChI is InChI=1S/C10H13N3OS/c1-7-5-9(14-13-7)6-12-8(2)10-11-3-4-15-10/h3-5,8,12H,6H2,1-2H3. The molecule has 0 aromatic carbocycles. The van der Waals surface area contributed by atoms with Crippen molar-refractivity contribution in [2.45, 2.75) is 26.4 Å². The molecule has 2 aromatic heterocycles. The minimum Gasteiger partial charge on any atom is -0.360 e. The molecule has 80 valence electrons. The molecule has 0 aliphatic rings. The third-order valence-electron chi connectivity index (χ3n) is 2.08. The molecule has 0 fully saturated rings. The maximum absolute atomic E-state index is 5.10. The summed E-state index contributed by atoms with van der Waals surface area (Å²) in [5.74, 6) is 0.857. The van der Waals surface area contributed by atoms with Crippen LogP contribution in [0.3, 0.4) is 0 Å². The summed E-state index contributed by atoms with van der Waals surface area (Å²) in [5, 5.41) is 10.2. The fourth-order valence-corrected chi connectivity index (χ4v) is 1.96. The second-order valence-corrected chi connectivity index (χ2v) is 4.33. The predicted octanol–water partition coefficient (Wildman–Crippen LogP) is 2.29. The van der Waals surface area contributed by atoms with Crippen molar-refractivity contribution in [3.63, 3.8) is 0 Å². The monoisotopic (exact) mass is 223 g/mol. The average Bonchev–Trinajstić information content (AvgIpc) is 2.84.